The van der Waals surface area contributed by atoms with Gasteiger partial charge in [-0.1, -0.05) is 37.3 Å². The number of carbonyl (C=O) groups is 3. The highest BCUT2D eigenvalue weighted by Gasteiger charge is 2.55. The van der Waals surface area contributed by atoms with Crippen LogP contribution in [0, 0.1) is 18.0 Å². The van der Waals surface area contributed by atoms with Gasteiger partial charge in [0.05, 0.1) is 12.0 Å². The number of rotatable bonds is 7. The Labute approximate surface area is 215 Å². The Bertz CT molecular complexity index is 1300. The molecule has 1 fully saturated rings. The van der Waals surface area contributed by atoms with E-state index in [-0.39, 0.29) is 18.3 Å². The first-order valence-corrected chi connectivity index (χ1v) is 12.1. The zero-order chi connectivity index (χ0) is 26.9. The maximum atomic E-state index is 13.7. The van der Waals surface area contributed by atoms with E-state index in [0.717, 1.165) is 10.5 Å². The molecule has 0 spiro atoms. The van der Waals surface area contributed by atoms with E-state index < -0.39 is 29.8 Å². The van der Waals surface area contributed by atoms with Gasteiger partial charge in [-0.2, -0.15) is 0 Å². The first-order chi connectivity index (χ1) is 17.6. The summed E-state index contributed by atoms with van der Waals surface area (Å²) in [6.45, 7) is 3.54. The molecule has 1 unspecified atom stereocenters. The fourth-order valence-electron chi connectivity index (χ4n) is 4.75. The summed E-state index contributed by atoms with van der Waals surface area (Å²) in [5.41, 5.74) is 7.73. The monoisotopic (exact) mass is 505 g/mol. The van der Waals surface area contributed by atoms with Crippen LogP contribution in [0.2, 0.25) is 0 Å². The number of likely N-dealkylation sites (N-methyl/N-ethyl adjacent to an activating group) is 1. The van der Waals surface area contributed by atoms with Gasteiger partial charge in [0.25, 0.3) is 11.7 Å². The second-order valence-electron chi connectivity index (χ2n) is 9.24. The number of carbonyl (C=O) groups excluding carboxylic acids is 3. The SMILES string of the molecule is CCC(NC(=O)N1C(=O)[C@H](Cc2cc(C)[n+]([O-])c(N)c2)[C@H]1C(=O)N(C)c1nccn1C)c1ccccc1. The van der Waals surface area contributed by atoms with Crippen molar-refractivity contribution in [3.63, 3.8) is 0 Å². The number of imide groups is 1. The number of nitrogens with zero attached hydrogens (tertiary/aromatic N) is 5. The van der Waals surface area contributed by atoms with Gasteiger partial charge in [0.15, 0.2) is 0 Å². The lowest BCUT2D eigenvalue weighted by molar-refractivity contribution is -0.597. The lowest BCUT2D eigenvalue weighted by atomic mass is 9.81. The molecule has 3 N–H and O–H groups in total. The lowest BCUT2D eigenvalue weighted by Crippen LogP contribution is -2.70. The minimum absolute atomic E-state index is 0.00183. The highest BCUT2D eigenvalue weighted by atomic mass is 16.5. The number of aromatic nitrogens is 3. The second-order valence-corrected chi connectivity index (χ2v) is 9.24. The topological polar surface area (TPSA) is 140 Å². The van der Waals surface area contributed by atoms with Crippen LogP contribution in [0.25, 0.3) is 0 Å². The van der Waals surface area contributed by atoms with Crippen molar-refractivity contribution in [3.8, 4) is 0 Å². The maximum Gasteiger partial charge on any atom is 0.325 e. The van der Waals surface area contributed by atoms with Crippen molar-refractivity contribution in [2.45, 2.75) is 38.8 Å². The van der Waals surface area contributed by atoms with Crippen LogP contribution in [0.1, 0.15) is 36.2 Å². The fourth-order valence-corrected chi connectivity index (χ4v) is 4.75. The molecule has 11 heteroatoms. The molecule has 3 heterocycles. The molecule has 0 bridgehead atoms. The number of urea groups is 1. The quantitative estimate of drug-likeness (QED) is 0.285. The molecule has 4 rings (SSSR count). The molecular weight excluding hydrogens is 474 g/mol. The summed E-state index contributed by atoms with van der Waals surface area (Å²) in [5, 5.41) is 14.9. The third kappa shape index (κ3) is 4.84. The van der Waals surface area contributed by atoms with E-state index in [1.165, 1.54) is 11.0 Å². The van der Waals surface area contributed by atoms with Crippen molar-refractivity contribution in [2.24, 2.45) is 13.0 Å². The van der Waals surface area contributed by atoms with Crippen molar-refractivity contribution in [1.82, 2.24) is 19.8 Å². The molecular formula is C26H31N7O4. The minimum atomic E-state index is -1.05. The third-order valence-corrected chi connectivity index (χ3v) is 6.76. The van der Waals surface area contributed by atoms with Gasteiger partial charge in [-0.05, 0) is 37.0 Å². The number of amides is 4. The van der Waals surface area contributed by atoms with Crippen molar-refractivity contribution >= 4 is 29.6 Å². The zero-order valence-electron chi connectivity index (χ0n) is 21.3. The van der Waals surface area contributed by atoms with Crippen LogP contribution in [0.15, 0.2) is 54.9 Å². The van der Waals surface area contributed by atoms with Crippen LogP contribution in [-0.2, 0) is 23.1 Å². The highest BCUT2D eigenvalue weighted by molar-refractivity contribution is 6.12. The number of imidazole rings is 1. The van der Waals surface area contributed by atoms with Gasteiger partial charge < -0.3 is 15.1 Å². The number of aryl methyl sites for hydroxylation is 2. The molecule has 2 aromatic heterocycles. The average Bonchev–Trinajstić information content (AvgIpc) is 3.32. The van der Waals surface area contributed by atoms with Crippen molar-refractivity contribution in [2.75, 3.05) is 17.7 Å². The first kappa shape index (κ1) is 25.7. The Morgan fingerprint density at radius 1 is 1.27 bits per heavy atom. The number of nitrogen functional groups attached to an aromatic ring is 1. The van der Waals surface area contributed by atoms with Crippen molar-refractivity contribution < 1.29 is 19.1 Å². The highest BCUT2D eigenvalue weighted by Crippen LogP contribution is 2.33. The Balaban J connectivity index is 1.63. The molecule has 1 aromatic carbocycles. The summed E-state index contributed by atoms with van der Waals surface area (Å²) < 4.78 is 2.27. The summed E-state index contributed by atoms with van der Waals surface area (Å²) in [7, 11) is 3.31. The Kier molecular flexibility index (Phi) is 7.14. The largest absolute Gasteiger partial charge is 0.710 e. The Hall–Kier alpha value is -4.41. The summed E-state index contributed by atoms with van der Waals surface area (Å²) in [6.07, 6.45) is 4.01. The standard InChI is InChI=1S/C26H31N7O4/c1-5-20(18-9-7-6-8-10-18)29-26(36)32-22(24(35)31(4)25-28-11-12-30(25)3)19(23(32)34)14-17-13-16(2)33(37)21(27)15-17/h6-13,15,19-20,22H,5,14,27H2,1-4H3,(H,29,36)/t19-,20?,22+/m1/s1. The number of likely N-dealkylation sites (tertiary alicyclic amines) is 1. The summed E-state index contributed by atoms with van der Waals surface area (Å²) in [6, 6.07) is 10.5. The van der Waals surface area contributed by atoms with Gasteiger partial charge >= 0.3 is 6.03 Å². The van der Waals surface area contributed by atoms with E-state index in [4.69, 9.17) is 5.73 Å². The Morgan fingerprint density at radius 2 is 1.97 bits per heavy atom. The number of benzene rings is 1. The van der Waals surface area contributed by atoms with Crippen molar-refractivity contribution in [1.29, 1.82) is 0 Å². The number of hydrogen-bond donors (Lipinski definition) is 2. The van der Waals surface area contributed by atoms with Gasteiger partial charge in [0.1, 0.15) is 11.7 Å². The van der Waals surface area contributed by atoms with Crippen LogP contribution in [0.3, 0.4) is 0 Å². The molecule has 0 saturated carbocycles. The van der Waals surface area contributed by atoms with Gasteiger partial charge in [-0.3, -0.25) is 25.1 Å². The molecule has 0 aliphatic carbocycles. The van der Waals surface area contributed by atoms with Gasteiger partial charge in [-0.25, -0.2) is 14.5 Å². The summed E-state index contributed by atoms with van der Waals surface area (Å²) in [5.74, 6) is -1.34. The van der Waals surface area contributed by atoms with Crippen LogP contribution in [0.4, 0.5) is 16.6 Å². The number of hydrogen-bond acceptors (Lipinski definition) is 6. The number of anilines is 2. The van der Waals surface area contributed by atoms with E-state index in [1.807, 2.05) is 37.3 Å². The van der Waals surface area contributed by atoms with E-state index in [1.54, 1.807) is 44.0 Å². The summed E-state index contributed by atoms with van der Waals surface area (Å²) >= 11 is 0. The molecule has 194 valence electrons. The molecule has 11 nitrogen and oxygen atoms in total. The first-order valence-electron chi connectivity index (χ1n) is 12.1. The minimum Gasteiger partial charge on any atom is -0.710 e. The lowest BCUT2D eigenvalue weighted by Gasteiger charge is -2.45. The fraction of sp³-hybridized carbons (Fsp3) is 0.346. The Morgan fingerprint density at radius 3 is 2.57 bits per heavy atom. The number of nitrogens with two attached hydrogens (primary N) is 1. The van der Waals surface area contributed by atoms with Crippen LogP contribution in [-0.4, -0.2) is 45.4 Å². The van der Waals surface area contributed by atoms with Gasteiger partial charge in [0.2, 0.25) is 11.9 Å². The molecule has 1 aliphatic rings. The summed E-state index contributed by atoms with van der Waals surface area (Å²) in [4.78, 5) is 46.9. The molecule has 0 radical (unpaired) electrons. The van der Waals surface area contributed by atoms with E-state index in [0.29, 0.717) is 28.4 Å². The second kappa shape index (κ2) is 10.3. The van der Waals surface area contributed by atoms with E-state index in [9.17, 15) is 19.6 Å². The van der Waals surface area contributed by atoms with E-state index in [2.05, 4.69) is 10.3 Å². The maximum absolute atomic E-state index is 13.7. The molecule has 3 atom stereocenters. The van der Waals surface area contributed by atoms with Crippen molar-refractivity contribution in [3.05, 3.63) is 76.9 Å². The predicted molar refractivity (Wildman–Crippen MR) is 137 cm³/mol. The van der Waals surface area contributed by atoms with E-state index >= 15 is 0 Å². The third-order valence-electron chi connectivity index (χ3n) is 6.76. The molecule has 1 saturated heterocycles. The van der Waals surface area contributed by atoms with Crippen LogP contribution >= 0.6 is 0 Å². The normalized spacial score (nSPS) is 17.7. The smallest absolute Gasteiger partial charge is 0.325 e. The van der Waals surface area contributed by atoms with Gasteiger partial charge in [0, 0.05) is 32.6 Å². The molecule has 1 aliphatic heterocycles. The molecule has 3 aromatic rings. The number of β-lactam (4-membered cyclic amide) rings is 1. The number of nitrogens with one attached hydrogen (secondary N) is 1. The average molecular weight is 506 g/mol. The van der Waals surface area contributed by atoms with Crippen LogP contribution in [0.5, 0.6) is 0 Å². The van der Waals surface area contributed by atoms with Crippen LogP contribution < -0.4 is 20.7 Å². The molecule has 4 amide bonds. The number of pyridine rings is 1. The van der Waals surface area contributed by atoms with Gasteiger partial charge in [-0.15, -0.1) is 0 Å². The molecule has 37 heavy (non-hydrogen) atoms. The zero-order valence-corrected chi connectivity index (χ0v) is 21.3. The predicted octanol–water partition coefficient (Wildman–Crippen LogP) is 1.84.